The van der Waals surface area contributed by atoms with Crippen molar-refractivity contribution in [3.8, 4) is 11.8 Å². The highest BCUT2D eigenvalue weighted by atomic mass is 32.2. The Kier molecular flexibility index (Phi) is 9.36. The SMILES string of the molecule is COC(=O)c1ccc(CCN2C(=O)SCCN2CCC(=O)Cc2cccc(C#Cc3cccs3)c2)s1. The third kappa shape index (κ3) is 7.31. The molecule has 4 rings (SSSR count). The molecule has 0 spiro atoms. The van der Waals surface area contributed by atoms with Gasteiger partial charge in [0.1, 0.15) is 10.7 Å². The van der Waals surface area contributed by atoms with Crippen molar-refractivity contribution in [1.29, 1.82) is 0 Å². The van der Waals surface area contributed by atoms with Crippen molar-refractivity contribution in [2.24, 2.45) is 0 Å². The molecule has 1 fully saturated rings. The number of hydrazine groups is 1. The van der Waals surface area contributed by atoms with Crippen molar-refractivity contribution >= 4 is 51.4 Å². The molecule has 0 N–H and O–H groups in total. The minimum absolute atomic E-state index is 0.00420. The number of carbonyl (C=O) groups is 3. The second kappa shape index (κ2) is 12.9. The highest BCUT2D eigenvalue weighted by Crippen LogP contribution is 2.22. The zero-order chi connectivity index (χ0) is 25.3. The number of esters is 1. The van der Waals surface area contributed by atoms with Crippen LogP contribution in [0.1, 0.15) is 37.0 Å². The van der Waals surface area contributed by atoms with E-state index in [1.165, 1.54) is 30.2 Å². The Hall–Kier alpha value is -2.90. The normalized spacial score (nSPS) is 13.8. The molecule has 0 bridgehead atoms. The predicted molar refractivity (Wildman–Crippen MR) is 146 cm³/mol. The summed E-state index contributed by atoms with van der Waals surface area (Å²) in [6.45, 7) is 1.72. The van der Waals surface area contributed by atoms with Gasteiger partial charge in [-0.3, -0.25) is 14.6 Å². The summed E-state index contributed by atoms with van der Waals surface area (Å²) in [5.41, 5.74) is 1.83. The number of amides is 1. The van der Waals surface area contributed by atoms with E-state index in [1.807, 2.05) is 52.9 Å². The van der Waals surface area contributed by atoms with Crippen LogP contribution in [0, 0.1) is 11.8 Å². The van der Waals surface area contributed by atoms with E-state index in [0.717, 1.165) is 27.4 Å². The Morgan fingerprint density at radius 1 is 1.08 bits per heavy atom. The van der Waals surface area contributed by atoms with Crippen LogP contribution in [-0.4, -0.2) is 59.5 Å². The summed E-state index contributed by atoms with van der Waals surface area (Å²) in [5.74, 6) is 6.80. The fourth-order valence-electron chi connectivity index (χ4n) is 3.77. The summed E-state index contributed by atoms with van der Waals surface area (Å²) in [6.07, 6.45) is 1.35. The van der Waals surface area contributed by atoms with Gasteiger partial charge >= 0.3 is 5.97 Å². The number of nitrogens with zero attached hydrogens (tertiary/aromatic N) is 2. The number of hydrogen-bond acceptors (Lipinski definition) is 8. The Bertz CT molecular complexity index is 1270. The maximum absolute atomic E-state index is 12.8. The lowest BCUT2D eigenvalue weighted by Gasteiger charge is -2.37. The topological polar surface area (TPSA) is 66.9 Å². The Morgan fingerprint density at radius 3 is 2.78 bits per heavy atom. The lowest BCUT2D eigenvalue weighted by Crippen LogP contribution is -2.50. The predicted octanol–water partition coefficient (Wildman–Crippen LogP) is 5.13. The number of ether oxygens (including phenoxy) is 1. The van der Waals surface area contributed by atoms with Gasteiger partial charge in [-0.1, -0.05) is 41.8 Å². The van der Waals surface area contributed by atoms with E-state index in [4.69, 9.17) is 4.74 Å². The number of carbonyl (C=O) groups excluding carboxylic acids is 3. The first kappa shape index (κ1) is 26.2. The van der Waals surface area contributed by atoms with Crippen molar-refractivity contribution in [2.75, 3.05) is 32.5 Å². The van der Waals surface area contributed by atoms with Crippen LogP contribution in [0.25, 0.3) is 0 Å². The van der Waals surface area contributed by atoms with Gasteiger partial charge in [-0.05, 0) is 41.3 Å². The molecule has 3 heterocycles. The molecule has 1 aliphatic rings. The number of ketones is 1. The molecule has 3 aromatic rings. The molecule has 1 amide bonds. The van der Waals surface area contributed by atoms with Crippen LogP contribution < -0.4 is 0 Å². The van der Waals surface area contributed by atoms with E-state index in [0.29, 0.717) is 43.0 Å². The largest absolute Gasteiger partial charge is 0.465 e. The maximum atomic E-state index is 12.8. The number of Topliss-reactive ketones (excluding diaryl/α,β-unsaturated/α-hetero) is 1. The van der Waals surface area contributed by atoms with Gasteiger partial charge in [-0.15, -0.1) is 22.7 Å². The summed E-state index contributed by atoms with van der Waals surface area (Å²) >= 11 is 4.28. The van der Waals surface area contributed by atoms with E-state index >= 15 is 0 Å². The first-order valence-corrected chi connectivity index (χ1v) is 14.2. The number of methoxy groups -OCH3 is 1. The molecule has 9 heteroatoms. The van der Waals surface area contributed by atoms with Crippen LogP contribution in [-0.2, 0) is 22.4 Å². The molecule has 1 aromatic carbocycles. The first-order valence-electron chi connectivity index (χ1n) is 11.5. The van der Waals surface area contributed by atoms with E-state index < -0.39 is 0 Å². The van der Waals surface area contributed by atoms with Gasteiger partial charge in [0, 0.05) is 55.1 Å². The molecule has 0 aliphatic carbocycles. The average Bonchev–Trinajstić information content (AvgIpc) is 3.58. The van der Waals surface area contributed by atoms with Gasteiger partial charge in [-0.2, -0.15) is 0 Å². The lowest BCUT2D eigenvalue weighted by molar-refractivity contribution is -0.119. The fourth-order valence-corrected chi connectivity index (χ4v) is 6.08. The average molecular weight is 539 g/mol. The van der Waals surface area contributed by atoms with Gasteiger partial charge in [0.25, 0.3) is 5.24 Å². The van der Waals surface area contributed by atoms with Gasteiger partial charge in [0.2, 0.25) is 0 Å². The summed E-state index contributed by atoms with van der Waals surface area (Å²) in [5, 5.41) is 5.71. The molecule has 0 atom stereocenters. The van der Waals surface area contributed by atoms with E-state index in [1.54, 1.807) is 22.4 Å². The third-order valence-corrected chi connectivity index (χ3v) is 8.33. The third-order valence-electron chi connectivity index (χ3n) is 5.57. The van der Waals surface area contributed by atoms with Crippen molar-refractivity contribution in [3.05, 3.63) is 79.7 Å². The molecule has 0 saturated carbocycles. The second-order valence-electron chi connectivity index (χ2n) is 8.09. The highest BCUT2D eigenvalue weighted by molar-refractivity contribution is 8.13. The zero-order valence-corrected chi connectivity index (χ0v) is 22.3. The number of hydrogen-bond donors (Lipinski definition) is 0. The van der Waals surface area contributed by atoms with Crippen molar-refractivity contribution in [3.63, 3.8) is 0 Å². The fraction of sp³-hybridized carbons (Fsp3) is 0.296. The van der Waals surface area contributed by atoms with Gasteiger partial charge < -0.3 is 4.74 Å². The van der Waals surface area contributed by atoms with Crippen molar-refractivity contribution < 1.29 is 19.1 Å². The number of rotatable bonds is 9. The summed E-state index contributed by atoms with van der Waals surface area (Å²) < 4.78 is 4.77. The molecular formula is C27H26N2O4S3. The molecule has 6 nitrogen and oxygen atoms in total. The van der Waals surface area contributed by atoms with Crippen LogP contribution in [0.3, 0.4) is 0 Å². The summed E-state index contributed by atoms with van der Waals surface area (Å²) in [4.78, 5) is 39.6. The van der Waals surface area contributed by atoms with E-state index in [9.17, 15) is 14.4 Å². The Labute approximate surface area is 223 Å². The number of benzene rings is 1. The van der Waals surface area contributed by atoms with Crippen molar-refractivity contribution in [1.82, 2.24) is 10.0 Å². The summed E-state index contributed by atoms with van der Waals surface area (Å²) in [6, 6.07) is 15.4. The van der Waals surface area contributed by atoms with Crippen LogP contribution in [0.4, 0.5) is 4.79 Å². The molecule has 0 unspecified atom stereocenters. The lowest BCUT2D eigenvalue weighted by atomic mass is 10.0. The quantitative estimate of drug-likeness (QED) is 0.278. The van der Waals surface area contributed by atoms with Gasteiger partial charge in [-0.25, -0.2) is 9.80 Å². The van der Waals surface area contributed by atoms with Crippen LogP contribution >= 0.6 is 34.4 Å². The Morgan fingerprint density at radius 2 is 1.97 bits per heavy atom. The van der Waals surface area contributed by atoms with E-state index in [2.05, 4.69) is 11.8 Å². The smallest absolute Gasteiger partial charge is 0.348 e. The Balaban J connectivity index is 1.30. The maximum Gasteiger partial charge on any atom is 0.348 e. The van der Waals surface area contributed by atoms with Crippen LogP contribution in [0.15, 0.2) is 53.9 Å². The zero-order valence-electron chi connectivity index (χ0n) is 19.9. The van der Waals surface area contributed by atoms with Crippen LogP contribution in [0.5, 0.6) is 0 Å². The first-order chi connectivity index (χ1) is 17.5. The van der Waals surface area contributed by atoms with Crippen LogP contribution in [0.2, 0.25) is 0 Å². The summed E-state index contributed by atoms with van der Waals surface area (Å²) in [7, 11) is 1.36. The standard InChI is InChI=1S/C27H26N2O4S3/c1-33-26(31)25-10-9-24(36-25)12-14-29-27(32)35-17-15-28(29)13-11-22(30)19-21-5-2-4-20(18-21)7-8-23-6-3-16-34-23/h2-6,9-10,16,18H,11-15,17,19H2,1H3. The molecule has 0 radical (unpaired) electrons. The molecule has 1 saturated heterocycles. The number of thioether (sulfide) groups is 1. The van der Waals surface area contributed by atoms with Gasteiger partial charge in [0.15, 0.2) is 0 Å². The number of thiophene rings is 2. The molecule has 1 aliphatic heterocycles. The highest BCUT2D eigenvalue weighted by Gasteiger charge is 2.27. The van der Waals surface area contributed by atoms with Crippen molar-refractivity contribution in [2.45, 2.75) is 19.3 Å². The monoisotopic (exact) mass is 538 g/mol. The van der Waals surface area contributed by atoms with Gasteiger partial charge in [0.05, 0.1) is 12.0 Å². The molecular weight excluding hydrogens is 513 g/mol. The molecule has 186 valence electrons. The second-order valence-corrected chi connectivity index (χ2v) is 11.3. The minimum atomic E-state index is -0.351. The van der Waals surface area contributed by atoms with E-state index in [-0.39, 0.29) is 17.0 Å². The molecule has 36 heavy (non-hydrogen) atoms. The minimum Gasteiger partial charge on any atom is -0.465 e. The molecule has 2 aromatic heterocycles.